The lowest BCUT2D eigenvalue weighted by molar-refractivity contribution is 0.569. The summed E-state index contributed by atoms with van der Waals surface area (Å²) in [6, 6.07) is 0. The molecule has 0 unspecified atom stereocenters. The zero-order valence-corrected chi connectivity index (χ0v) is 15.6. The second-order valence-electron chi connectivity index (χ2n) is 6.63. The van der Waals surface area contributed by atoms with E-state index in [1.807, 2.05) is 0 Å². The van der Waals surface area contributed by atoms with Gasteiger partial charge in [-0.15, -0.1) is 0 Å². The molecule has 3 heteroatoms. The van der Waals surface area contributed by atoms with Gasteiger partial charge in [-0.05, 0) is 32.1 Å². The highest BCUT2D eigenvalue weighted by molar-refractivity contribution is 4.81. The van der Waals surface area contributed by atoms with Crippen molar-refractivity contribution in [3.05, 3.63) is 12.2 Å². The average Bonchev–Trinajstić information content (AvgIpc) is 2.57. The van der Waals surface area contributed by atoms with Crippen LogP contribution in [0.5, 0.6) is 0 Å². The molecule has 3 nitrogen and oxygen atoms in total. The summed E-state index contributed by atoms with van der Waals surface area (Å²) in [5.74, 6) is 4.96. The first-order valence-corrected chi connectivity index (χ1v) is 10.1. The molecule has 0 amide bonds. The molecule has 0 aromatic carbocycles. The lowest BCUT2D eigenvalue weighted by Gasteiger charge is -2.00. The lowest BCUT2D eigenvalue weighted by atomic mass is 10.1. The predicted octanol–water partition coefficient (Wildman–Crippen LogP) is 7.13. The second kappa shape index (κ2) is 21.1. The van der Waals surface area contributed by atoms with Crippen LogP contribution in [-0.2, 0) is 0 Å². The largest absolute Gasteiger partial charge is 0.305 e. The quantitative estimate of drug-likeness (QED) is 0.0941. The smallest absolute Gasteiger partial charge is 0.0620 e. The molecule has 0 rings (SSSR count). The number of allylic oxidation sites excluding steroid dienone is 2. The van der Waals surface area contributed by atoms with Gasteiger partial charge in [-0.3, -0.25) is 0 Å². The first-order valence-electron chi connectivity index (χ1n) is 10.1. The fourth-order valence-corrected chi connectivity index (χ4v) is 2.84. The third-order valence-electron chi connectivity index (χ3n) is 4.35. The Labute approximate surface area is 145 Å². The van der Waals surface area contributed by atoms with E-state index in [4.69, 9.17) is 5.84 Å². The number of rotatable bonds is 18. The van der Waals surface area contributed by atoms with Gasteiger partial charge in [0.15, 0.2) is 0 Å². The fourth-order valence-electron chi connectivity index (χ4n) is 2.84. The third-order valence-corrected chi connectivity index (χ3v) is 4.35. The fraction of sp³-hybridized carbons (Fsp3) is 0.900. The van der Waals surface area contributed by atoms with Crippen LogP contribution in [0.3, 0.4) is 0 Å². The van der Waals surface area contributed by atoms with Crippen LogP contribution < -0.4 is 5.84 Å². The summed E-state index contributed by atoms with van der Waals surface area (Å²) < 4.78 is 0. The standard InChI is InChI=1S/C20H41N3/c1-2-3-4-5-6-7-8-9-10-11-12-13-14-15-16-17-18-19-20-22-23-21/h9-10H,2-8,11-20H2,1H3,(H2,21,22)/b10-9-. The van der Waals surface area contributed by atoms with Crippen molar-refractivity contribution in [2.75, 3.05) is 6.54 Å². The zero-order valence-electron chi connectivity index (χ0n) is 15.6. The van der Waals surface area contributed by atoms with Crippen molar-refractivity contribution in [2.24, 2.45) is 16.2 Å². The van der Waals surface area contributed by atoms with E-state index < -0.39 is 0 Å². The molecule has 0 heterocycles. The van der Waals surface area contributed by atoms with Gasteiger partial charge in [-0.1, -0.05) is 94.9 Å². The van der Waals surface area contributed by atoms with E-state index in [0.29, 0.717) is 0 Å². The highest BCUT2D eigenvalue weighted by atomic mass is 15.3. The number of hydrogen-bond donors (Lipinski definition) is 1. The molecule has 0 radical (unpaired) electrons. The van der Waals surface area contributed by atoms with Crippen molar-refractivity contribution in [1.82, 2.24) is 0 Å². The van der Waals surface area contributed by atoms with Gasteiger partial charge in [0.1, 0.15) is 0 Å². The minimum absolute atomic E-state index is 0.793. The van der Waals surface area contributed by atoms with E-state index in [-0.39, 0.29) is 0 Å². The van der Waals surface area contributed by atoms with E-state index in [1.165, 1.54) is 96.3 Å². The molecule has 0 fully saturated rings. The zero-order chi connectivity index (χ0) is 16.8. The first-order chi connectivity index (χ1) is 11.4. The van der Waals surface area contributed by atoms with Gasteiger partial charge in [-0.2, -0.15) is 5.11 Å². The molecule has 0 aliphatic carbocycles. The van der Waals surface area contributed by atoms with Crippen LogP contribution in [0.15, 0.2) is 22.5 Å². The van der Waals surface area contributed by atoms with Crippen LogP contribution in [0.25, 0.3) is 0 Å². The molecule has 0 aromatic rings. The summed E-state index contributed by atoms with van der Waals surface area (Å²) in [6.45, 7) is 3.07. The second-order valence-corrected chi connectivity index (χ2v) is 6.63. The molecule has 0 atom stereocenters. The van der Waals surface area contributed by atoms with Gasteiger partial charge in [0, 0.05) is 0 Å². The van der Waals surface area contributed by atoms with Crippen molar-refractivity contribution < 1.29 is 0 Å². The minimum atomic E-state index is 0.793. The Morgan fingerprint density at radius 2 is 1.04 bits per heavy atom. The lowest BCUT2D eigenvalue weighted by Crippen LogP contribution is -1.85. The van der Waals surface area contributed by atoms with Crippen LogP contribution in [0.1, 0.15) is 110 Å². The molecule has 0 aliphatic rings. The van der Waals surface area contributed by atoms with Gasteiger partial charge in [-0.25, -0.2) is 0 Å². The first kappa shape index (κ1) is 22.1. The van der Waals surface area contributed by atoms with Crippen molar-refractivity contribution in [1.29, 1.82) is 0 Å². The molecule has 0 aliphatic heterocycles. The van der Waals surface area contributed by atoms with E-state index >= 15 is 0 Å². The van der Waals surface area contributed by atoms with Crippen LogP contribution in [0, 0.1) is 0 Å². The summed E-state index contributed by atoms with van der Waals surface area (Å²) in [5.41, 5.74) is 0. The Morgan fingerprint density at radius 1 is 0.609 bits per heavy atom. The average molecular weight is 324 g/mol. The maximum absolute atomic E-state index is 4.96. The summed E-state index contributed by atoms with van der Waals surface area (Å²) in [5, 5.41) is 7.05. The molecule has 2 N–H and O–H groups in total. The van der Waals surface area contributed by atoms with Gasteiger partial charge < -0.3 is 5.84 Å². The molecule has 0 aromatic heterocycles. The molecular formula is C20H41N3. The molecule has 0 bridgehead atoms. The summed E-state index contributed by atoms with van der Waals surface area (Å²) in [7, 11) is 0. The Morgan fingerprint density at radius 3 is 1.52 bits per heavy atom. The van der Waals surface area contributed by atoms with Crippen molar-refractivity contribution >= 4 is 0 Å². The van der Waals surface area contributed by atoms with Crippen molar-refractivity contribution in [3.63, 3.8) is 0 Å². The monoisotopic (exact) mass is 323 g/mol. The summed E-state index contributed by atoms with van der Waals surface area (Å²) in [6.07, 6.45) is 26.4. The molecular weight excluding hydrogens is 282 g/mol. The summed E-state index contributed by atoms with van der Waals surface area (Å²) >= 11 is 0. The summed E-state index contributed by atoms with van der Waals surface area (Å²) in [4.78, 5) is 0. The van der Waals surface area contributed by atoms with Crippen LogP contribution in [0.2, 0.25) is 0 Å². The number of nitrogens with zero attached hydrogens (tertiary/aromatic N) is 2. The van der Waals surface area contributed by atoms with Gasteiger partial charge in [0.05, 0.1) is 6.54 Å². The van der Waals surface area contributed by atoms with E-state index in [0.717, 1.165) is 13.0 Å². The van der Waals surface area contributed by atoms with Gasteiger partial charge in [0.25, 0.3) is 0 Å². The number of hydrogen-bond acceptors (Lipinski definition) is 2. The van der Waals surface area contributed by atoms with Crippen LogP contribution in [0.4, 0.5) is 0 Å². The Hall–Kier alpha value is -0.860. The van der Waals surface area contributed by atoms with Crippen molar-refractivity contribution in [3.8, 4) is 0 Å². The molecule has 23 heavy (non-hydrogen) atoms. The topological polar surface area (TPSA) is 50.7 Å². The van der Waals surface area contributed by atoms with E-state index in [1.54, 1.807) is 0 Å². The maximum atomic E-state index is 4.96. The number of nitrogens with two attached hydrogens (primary N) is 1. The normalized spacial score (nSPS) is 11.9. The SMILES string of the molecule is CCCCCCCC/C=C\CCCCCCCCCCN=NN. The Kier molecular flexibility index (Phi) is 20.3. The van der Waals surface area contributed by atoms with Crippen LogP contribution in [-0.4, -0.2) is 6.54 Å². The van der Waals surface area contributed by atoms with Crippen molar-refractivity contribution in [2.45, 2.75) is 110 Å². The molecule has 0 spiro atoms. The number of unbranched alkanes of at least 4 members (excludes halogenated alkanes) is 14. The highest BCUT2D eigenvalue weighted by Gasteiger charge is 1.92. The molecule has 136 valence electrons. The molecule has 0 saturated heterocycles. The van der Waals surface area contributed by atoms with E-state index in [9.17, 15) is 0 Å². The molecule has 0 saturated carbocycles. The Balaban J connectivity index is 3.05. The Bertz CT molecular complexity index is 262. The van der Waals surface area contributed by atoms with Gasteiger partial charge in [0.2, 0.25) is 0 Å². The highest BCUT2D eigenvalue weighted by Crippen LogP contribution is 2.11. The van der Waals surface area contributed by atoms with Crippen LogP contribution >= 0.6 is 0 Å². The third kappa shape index (κ3) is 21.1. The minimum Gasteiger partial charge on any atom is -0.305 e. The maximum Gasteiger partial charge on any atom is 0.0620 e. The van der Waals surface area contributed by atoms with Gasteiger partial charge >= 0.3 is 0 Å². The predicted molar refractivity (Wildman–Crippen MR) is 103 cm³/mol. The van der Waals surface area contributed by atoms with E-state index in [2.05, 4.69) is 29.4 Å².